The van der Waals surface area contributed by atoms with Crippen LogP contribution in [0.3, 0.4) is 0 Å². The van der Waals surface area contributed by atoms with E-state index in [4.69, 9.17) is 18.9 Å². The lowest BCUT2D eigenvalue weighted by molar-refractivity contribution is -0.410. The van der Waals surface area contributed by atoms with Crippen LogP contribution in [0.25, 0.3) is 0 Å². The number of carbonyl (C=O) groups is 4. The number of amides is 1. The number of ether oxygens (including phenoxy) is 4. The molecule has 2 atom stereocenters. The van der Waals surface area contributed by atoms with Gasteiger partial charge in [-0.3, -0.25) is 4.79 Å². The van der Waals surface area contributed by atoms with Gasteiger partial charge >= 0.3 is 11.9 Å². The number of esters is 2. The number of quaternary nitrogens is 1. The van der Waals surface area contributed by atoms with Crippen LogP contribution >= 0.6 is 0 Å². The van der Waals surface area contributed by atoms with Crippen molar-refractivity contribution in [1.82, 2.24) is 5.32 Å². The fraction of sp³-hybridized carbons (Fsp3) is 0.600. The van der Waals surface area contributed by atoms with E-state index in [9.17, 15) is 24.3 Å². The highest BCUT2D eigenvalue weighted by molar-refractivity contribution is 5.87. The number of carbonyl (C=O) groups excluding carboxylic acids is 4. The number of carboxylic acid groups (broad SMARTS) is 1. The van der Waals surface area contributed by atoms with Crippen molar-refractivity contribution in [2.75, 3.05) is 39.6 Å². The van der Waals surface area contributed by atoms with E-state index in [2.05, 4.69) is 24.2 Å². The predicted molar refractivity (Wildman–Crippen MR) is 106 cm³/mol. The number of rotatable bonds is 17. The Balaban J connectivity index is 4.05. The molecule has 0 rings (SSSR count). The van der Waals surface area contributed by atoms with Crippen molar-refractivity contribution in [3.8, 4) is 0 Å². The van der Waals surface area contributed by atoms with Crippen molar-refractivity contribution in [2.45, 2.75) is 38.8 Å². The molecule has 176 valence electrons. The molecule has 0 radical (unpaired) electrons. The number of nitrogens with one attached hydrogen (secondary N) is 1. The average molecular weight is 444 g/mol. The Bertz CT molecular complexity index is 649. The maximum atomic E-state index is 12.1. The van der Waals surface area contributed by atoms with Gasteiger partial charge in [-0.1, -0.05) is 13.2 Å². The van der Waals surface area contributed by atoms with Crippen LogP contribution in [-0.2, 0) is 38.1 Å². The summed E-state index contributed by atoms with van der Waals surface area (Å²) in [5.74, 6) is -3.15. The summed E-state index contributed by atoms with van der Waals surface area (Å²) in [6.45, 7) is 10.2. The molecule has 0 aliphatic rings. The van der Waals surface area contributed by atoms with E-state index in [-0.39, 0.29) is 45.2 Å². The van der Waals surface area contributed by atoms with E-state index in [1.165, 1.54) is 13.8 Å². The number of hydrogen-bond donors (Lipinski definition) is 2. The van der Waals surface area contributed by atoms with Crippen LogP contribution in [0.4, 0.5) is 0 Å². The van der Waals surface area contributed by atoms with E-state index < -0.39 is 35.9 Å². The Hall–Kier alpha value is -2.76. The van der Waals surface area contributed by atoms with Gasteiger partial charge < -0.3 is 39.9 Å². The third-order valence-corrected chi connectivity index (χ3v) is 3.60. The Kier molecular flexibility index (Phi) is 14.6. The van der Waals surface area contributed by atoms with E-state index in [0.717, 1.165) is 0 Å². The van der Waals surface area contributed by atoms with Crippen LogP contribution in [0.2, 0.25) is 0 Å². The highest BCUT2D eigenvalue weighted by Crippen LogP contribution is 1.96. The molecule has 0 aromatic heterocycles. The average Bonchev–Trinajstić information content (AvgIpc) is 2.70. The maximum absolute atomic E-state index is 12.1. The molecule has 1 amide bonds. The minimum Gasteiger partial charge on any atom is -0.548 e. The molecule has 0 saturated carbocycles. The van der Waals surface area contributed by atoms with Gasteiger partial charge in [0, 0.05) is 30.6 Å². The summed E-state index contributed by atoms with van der Waals surface area (Å²) < 4.78 is 20.2. The van der Waals surface area contributed by atoms with Crippen LogP contribution in [0.5, 0.6) is 0 Å². The largest absolute Gasteiger partial charge is 0.548 e. The second-order valence-electron chi connectivity index (χ2n) is 6.77. The fourth-order valence-corrected chi connectivity index (χ4v) is 1.86. The molecule has 11 nitrogen and oxygen atoms in total. The van der Waals surface area contributed by atoms with Gasteiger partial charge in [0.05, 0.1) is 38.4 Å². The molecule has 0 heterocycles. The molecule has 0 unspecified atom stereocenters. The molecule has 0 bridgehead atoms. The smallest absolute Gasteiger partial charge is 0.333 e. The molecule has 4 N–H and O–H groups in total. The Morgan fingerprint density at radius 1 is 0.871 bits per heavy atom. The number of carboxylic acids is 1. The zero-order chi connectivity index (χ0) is 23.8. The third-order valence-electron chi connectivity index (χ3n) is 3.60. The summed E-state index contributed by atoms with van der Waals surface area (Å²) in [5, 5.41) is 13.5. The zero-order valence-corrected chi connectivity index (χ0v) is 18.1. The second kappa shape index (κ2) is 16.0. The van der Waals surface area contributed by atoms with Crippen molar-refractivity contribution in [3.05, 3.63) is 24.3 Å². The lowest BCUT2D eigenvalue weighted by Crippen LogP contribution is -2.71. The summed E-state index contributed by atoms with van der Waals surface area (Å²) in [6, 6.07) is -2.22. The SMILES string of the molecule is C=C(C)C(=O)OCCCOC[C@H](NC(=O)[C@@H]([NH3+])COCCCOC(=O)C(=C)C)C(=O)[O-]. The summed E-state index contributed by atoms with van der Waals surface area (Å²) in [4.78, 5) is 45.7. The molecule has 31 heavy (non-hydrogen) atoms. The molecule has 0 spiro atoms. The Morgan fingerprint density at radius 2 is 1.32 bits per heavy atom. The standard InChI is InChI=1S/C20H32N2O9/c1-13(2)19(26)30-9-5-7-28-11-15(21)17(23)22-16(18(24)25)12-29-8-6-10-31-20(27)14(3)4/h15-16H,1,3,5-12,21H2,2,4H3,(H,22,23)(H,24,25)/t15-,16-/m0/s1. The van der Waals surface area contributed by atoms with Crippen molar-refractivity contribution < 1.29 is 49.0 Å². The first kappa shape index (κ1) is 28.2. The summed E-state index contributed by atoms with van der Waals surface area (Å²) in [7, 11) is 0. The van der Waals surface area contributed by atoms with Gasteiger partial charge in [-0.05, 0) is 13.8 Å². The lowest BCUT2D eigenvalue weighted by Gasteiger charge is -2.21. The van der Waals surface area contributed by atoms with E-state index in [1.807, 2.05) is 0 Å². The van der Waals surface area contributed by atoms with Gasteiger partial charge in [0.15, 0.2) is 6.04 Å². The lowest BCUT2D eigenvalue weighted by atomic mass is 10.2. The maximum Gasteiger partial charge on any atom is 0.333 e. The first-order valence-electron chi connectivity index (χ1n) is 9.71. The van der Waals surface area contributed by atoms with Crippen LogP contribution in [-0.4, -0.2) is 75.5 Å². The quantitative estimate of drug-likeness (QED) is 0.145. The van der Waals surface area contributed by atoms with Crippen LogP contribution in [0, 0.1) is 0 Å². The van der Waals surface area contributed by atoms with Crippen molar-refractivity contribution in [2.24, 2.45) is 0 Å². The Morgan fingerprint density at radius 3 is 1.74 bits per heavy atom. The van der Waals surface area contributed by atoms with Gasteiger partial charge in [-0.15, -0.1) is 0 Å². The third kappa shape index (κ3) is 14.0. The minimum absolute atomic E-state index is 0.0466. The Labute approximate surface area is 181 Å². The molecule has 11 heteroatoms. The summed E-state index contributed by atoms with van der Waals surface area (Å²) >= 11 is 0. The normalized spacial score (nSPS) is 12.4. The fourth-order valence-electron chi connectivity index (χ4n) is 1.86. The molecule has 0 fully saturated rings. The van der Waals surface area contributed by atoms with Gasteiger partial charge in [-0.2, -0.15) is 0 Å². The highest BCUT2D eigenvalue weighted by atomic mass is 16.5. The van der Waals surface area contributed by atoms with E-state index in [1.54, 1.807) is 0 Å². The number of aliphatic carboxylic acids is 1. The molecule has 0 aromatic rings. The molecule has 0 aromatic carbocycles. The molecular weight excluding hydrogens is 412 g/mol. The molecule has 0 saturated heterocycles. The molecular formula is C20H32N2O9. The highest BCUT2D eigenvalue weighted by Gasteiger charge is 2.22. The predicted octanol–water partition coefficient (Wildman–Crippen LogP) is -2.12. The van der Waals surface area contributed by atoms with Gasteiger partial charge in [0.1, 0.15) is 6.61 Å². The minimum atomic E-state index is -1.51. The van der Waals surface area contributed by atoms with Gasteiger partial charge in [-0.25, -0.2) is 9.59 Å². The van der Waals surface area contributed by atoms with Gasteiger partial charge in [0.2, 0.25) is 0 Å². The van der Waals surface area contributed by atoms with E-state index >= 15 is 0 Å². The van der Waals surface area contributed by atoms with Crippen molar-refractivity contribution in [3.63, 3.8) is 0 Å². The zero-order valence-electron chi connectivity index (χ0n) is 18.1. The number of hydrogen-bond acceptors (Lipinski definition) is 9. The van der Waals surface area contributed by atoms with Crippen LogP contribution in [0.15, 0.2) is 24.3 Å². The summed E-state index contributed by atoms with van der Waals surface area (Å²) in [6.07, 6.45) is 0.769. The summed E-state index contributed by atoms with van der Waals surface area (Å²) in [5.41, 5.74) is 4.20. The van der Waals surface area contributed by atoms with Crippen LogP contribution < -0.4 is 16.2 Å². The molecule has 0 aliphatic heterocycles. The topological polar surface area (TPSA) is 168 Å². The first-order chi connectivity index (χ1) is 14.6. The molecule has 0 aliphatic carbocycles. The monoisotopic (exact) mass is 444 g/mol. The van der Waals surface area contributed by atoms with Crippen molar-refractivity contribution >= 4 is 23.8 Å². The second-order valence-corrected chi connectivity index (χ2v) is 6.77. The van der Waals surface area contributed by atoms with E-state index in [0.29, 0.717) is 18.4 Å². The van der Waals surface area contributed by atoms with Crippen LogP contribution in [0.1, 0.15) is 26.7 Å². The van der Waals surface area contributed by atoms with Gasteiger partial charge in [0.25, 0.3) is 5.91 Å². The van der Waals surface area contributed by atoms with Crippen molar-refractivity contribution in [1.29, 1.82) is 0 Å². The first-order valence-corrected chi connectivity index (χ1v) is 9.71.